The van der Waals surface area contributed by atoms with Gasteiger partial charge in [-0.1, -0.05) is 0 Å². The van der Waals surface area contributed by atoms with Gasteiger partial charge in [0.15, 0.2) is 11.6 Å². The summed E-state index contributed by atoms with van der Waals surface area (Å²) in [5, 5.41) is 13.2. The normalized spacial score (nSPS) is 18.4. The summed E-state index contributed by atoms with van der Waals surface area (Å²) in [7, 11) is 3.55. The highest BCUT2D eigenvalue weighted by Crippen LogP contribution is 2.39. The van der Waals surface area contributed by atoms with Crippen LogP contribution in [0, 0.1) is 12.7 Å². The van der Waals surface area contributed by atoms with Crippen LogP contribution in [0.25, 0.3) is 11.4 Å². The van der Waals surface area contributed by atoms with Gasteiger partial charge >= 0.3 is 0 Å². The maximum Gasteiger partial charge on any atom is 0.254 e. The summed E-state index contributed by atoms with van der Waals surface area (Å²) < 4.78 is 15.9. The zero-order valence-corrected chi connectivity index (χ0v) is 17.1. The lowest BCUT2D eigenvalue weighted by Gasteiger charge is -2.29. The fraction of sp³-hybridized carbons (Fsp3) is 0.381. The molecule has 5 rings (SSSR count). The van der Waals surface area contributed by atoms with Gasteiger partial charge in [0.25, 0.3) is 5.91 Å². The van der Waals surface area contributed by atoms with Gasteiger partial charge in [0.05, 0.1) is 23.8 Å². The van der Waals surface area contributed by atoms with E-state index in [4.69, 9.17) is 4.98 Å². The van der Waals surface area contributed by atoms with Crippen molar-refractivity contribution in [2.45, 2.75) is 32.4 Å². The molecule has 2 aliphatic rings. The molecule has 9 heteroatoms. The lowest BCUT2D eigenvalue weighted by molar-refractivity contribution is 0.0781. The van der Waals surface area contributed by atoms with Crippen molar-refractivity contribution >= 4 is 11.7 Å². The van der Waals surface area contributed by atoms with Crippen molar-refractivity contribution in [1.82, 2.24) is 29.9 Å². The summed E-state index contributed by atoms with van der Waals surface area (Å²) >= 11 is 0. The summed E-state index contributed by atoms with van der Waals surface area (Å²) in [5.41, 5.74) is 3.34. The second-order valence-electron chi connectivity index (χ2n) is 7.95. The Morgan fingerprint density at radius 2 is 2.00 bits per heavy atom. The van der Waals surface area contributed by atoms with E-state index in [-0.39, 0.29) is 24.3 Å². The molecule has 154 valence electrons. The number of carbonyl (C=O) groups is 1. The number of amides is 1. The molecule has 2 aliphatic heterocycles. The van der Waals surface area contributed by atoms with Gasteiger partial charge in [-0.3, -0.25) is 9.48 Å². The largest absolute Gasteiger partial charge is 0.348 e. The van der Waals surface area contributed by atoms with E-state index in [9.17, 15) is 9.18 Å². The third-order valence-electron chi connectivity index (χ3n) is 5.84. The first-order valence-corrected chi connectivity index (χ1v) is 9.98. The number of nitrogens with zero attached hydrogens (tertiary/aromatic N) is 7. The molecule has 0 aliphatic carbocycles. The number of fused-ring (bicyclic) bond motifs is 8. The van der Waals surface area contributed by atoms with Gasteiger partial charge in [0.2, 0.25) is 0 Å². The van der Waals surface area contributed by atoms with Crippen molar-refractivity contribution in [2.24, 2.45) is 7.05 Å². The number of anilines is 1. The Morgan fingerprint density at radius 1 is 1.17 bits per heavy atom. The first-order valence-electron chi connectivity index (χ1n) is 9.98. The van der Waals surface area contributed by atoms with Crippen molar-refractivity contribution in [3.05, 3.63) is 52.7 Å². The SMILES string of the molecule is Cc1nnc2nc1N1CCC[C@@H]1c1cc(F)ccc1C(=O)N(C)Cc1nn(C)cc1-2. The molecule has 0 unspecified atom stereocenters. The third kappa shape index (κ3) is 2.92. The monoisotopic (exact) mass is 407 g/mol. The van der Waals surface area contributed by atoms with Crippen LogP contribution in [0.5, 0.6) is 0 Å². The van der Waals surface area contributed by atoms with Gasteiger partial charge in [0, 0.05) is 32.4 Å². The van der Waals surface area contributed by atoms with Gasteiger partial charge in [-0.05, 0) is 43.5 Å². The Morgan fingerprint density at radius 3 is 2.83 bits per heavy atom. The number of hydrogen-bond donors (Lipinski definition) is 0. The summed E-state index contributed by atoms with van der Waals surface area (Å²) in [4.78, 5) is 21.9. The Labute approximate surface area is 173 Å². The van der Waals surface area contributed by atoms with Crippen LogP contribution < -0.4 is 4.90 Å². The molecule has 0 spiro atoms. The molecule has 4 heterocycles. The highest BCUT2D eigenvalue weighted by atomic mass is 19.1. The van der Waals surface area contributed by atoms with Crippen LogP contribution in [0.2, 0.25) is 0 Å². The van der Waals surface area contributed by atoms with Crippen LogP contribution in [0.15, 0.2) is 24.4 Å². The summed E-state index contributed by atoms with van der Waals surface area (Å²) in [6.07, 6.45) is 3.58. The molecule has 1 aromatic carbocycles. The number of aromatic nitrogens is 5. The minimum atomic E-state index is -0.353. The first kappa shape index (κ1) is 18.7. The van der Waals surface area contributed by atoms with Gasteiger partial charge < -0.3 is 9.80 Å². The van der Waals surface area contributed by atoms with Crippen molar-refractivity contribution < 1.29 is 9.18 Å². The van der Waals surface area contributed by atoms with Gasteiger partial charge in [-0.25, -0.2) is 9.37 Å². The number of hydrogen-bond acceptors (Lipinski definition) is 6. The molecule has 0 N–H and O–H groups in total. The van der Waals surface area contributed by atoms with Crippen LogP contribution in [-0.2, 0) is 13.6 Å². The van der Waals surface area contributed by atoms with Gasteiger partial charge in [-0.15, -0.1) is 10.2 Å². The molecule has 3 aromatic rings. The molecular weight excluding hydrogens is 385 g/mol. The summed E-state index contributed by atoms with van der Waals surface area (Å²) in [6.45, 7) is 2.91. The molecule has 2 bridgehead atoms. The predicted molar refractivity (Wildman–Crippen MR) is 108 cm³/mol. The topological polar surface area (TPSA) is 80.0 Å². The zero-order chi connectivity index (χ0) is 21.0. The number of carbonyl (C=O) groups excluding carboxylic acids is 1. The maximum absolute atomic E-state index is 14.2. The Kier molecular flexibility index (Phi) is 4.27. The van der Waals surface area contributed by atoms with Crippen molar-refractivity contribution in [2.75, 3.05) is 18.5 Å². The molecule has 8 nitrogen and oxygen atoms in total. The smallest absolute Gasteiger partial charge is 0.254 e. The minimum absolute atomic E-state index is 0.149. The quantitative estimate of drug-likeness (QED) is 0.570. The Balaban J connectivity index is 1.77. The van der Waals surface area contributed by atoms with E-state index in [2.05, 4.69) is 20.2 Å². The predicted octanol–water partition coefficient (Wildman–Crippen LogP) is 2.65. The lowest BCUT2D eigenvalue weighted by atomic mass is 9.97. The molecule has 1 fully saturated rings. The van der Waals surface area contributed by atoms with E-state index in [1.54, 1.807) is 22.7 Å². The van der Waals surface area contributed by atoms with E-state index >= 15 is 0 Å². The highest BCUT2D eigenvalue weighted by molar-refractivity contribution is 5.96. The first-order chi connectivity index (χ1) is 14.4. The van der Waals surface area contributed by atoms with E-state index in [1.807, 2.05) is 20.2 Å². The number of aryl methyl sites for hydroxylation is 2. The maximum atomic E-state index is 14.2. The van der Waals surface area contributed by atoms with Crippen LogP contribution >= 0.6 is 0 Å². The molecular formula is C21H22FN7O. The second-order valence-corrected chi connectivity index (χ2v) is 7.95. The van der Waals surface area contributed by atoms with Gasteiger partial charge in [-0.2, -0.15) is 5.10 Å². The lowest BCUT2D eigenvalue weighted by Crippen LogP contribution is -2.31. The molecule has 30 heavy (non-hydrogen) atoms. The van der Waals surface area contributed by atoms with E-state index in [0.29, 0.717) is 34.2 Å². The fourth-order valence-corrected chi connectivity index (χ4v) is 4.44. The molecule has 0 radical (unpaired) electrons. The number of halogens is 1. The zero-order valence-electron chi connectivity index (χ0n) is 17.1. The van der Waals surface area contributed by atoms with Crippen molar-refractivity contribution in [3.8, 4) is 11.4 Å². The number of rotatable bonds is 0. The molecule has 2 aromatic heterocycles. The molecule has 0 saturated carbocycles. The van der Waals surface area contributed by atoms with Crippen LogP contribution in [0.1, 0.15) is 46.2 Å². The van der Waals surface area contributed by atoms with Gasteiger partial charge in [0.1, 0.15) is 11.5 Å². The van der Waals surface area contributed by atoms with Crippen LogP contribution in [-0.4, -0.2) is 49.4 Å². The van der Waals surface area contributed by atoms with E-state index in [0.717, 1.165) is 24.9 Å². The summed E-state index contributed by atoms with van der Waals surface area (Å²) in [5.74, 6) is 0.681. The fourth-order valence-electron chi connectivity index (χ4n) is 4.44. The number of benzene rings is 1. The van der Waals surface area contributed by atoms with Crippen LogP contribution in [0.3, 0.4) is 0 Å². The standard InChI is InChI=1S/C21H22FN7O/c1-12-20-23-19(25-24-12)16-10-28(3)26-17(16)11-27(2)21(30)14-7-6-13(22)9-15(14)18-5-4-8-29(18)20/h6-7,9-10,18H,4-5,8,11H2,1-3H3/t18-/m1/s1. The molecule has 1 atom stereocenters. The minimum Gasteiger partial charge on any atom is -0.348 e. The Bertz CT molecular complexity index is 1160. The van der Waals surface area contributed by atoms with E-state index < -0.39 is 0 Å². The van der Waals surface area contributed by atoms with Crippen molar-refractivity contribution in [1.29, 1.82) is 0 Å². The second kappa shape index (κ2) is 6.86. The summed E-state index contributed by atoms with van der Waals surface area (Å²) in [6, 6.07) is 4.26. The average molecular weight is 407 g/mol. The highest BCUT2D eigenvalue weighted by Gasteiger charge is 2.34. The molecule has 1 saturated heterocycles. The van der Waals surface area contributed by atoms with E-state index in [1.165, 1.54) is 12.1 Å². The van der Waals surface area contributed by atoms with Crippen molar-refractivity contribution in [3.63, 3.8) is 0 Å². The van der Waals surface area contributed by atoms with Crippen LogP contribution in [0.4, 0.5) is 10.2 Å². The molecule has 1 amide bonds. The third-order valence-corrected chi connectivity index (χ3v) is 5.84. The average Bonchev–Trinajstić information content (AvgIpc) is 3.34. The Hall–Kier alpha value is -3.36.